The summed E-state index contributed by atoms with van der Waals surface area (Å²) in [6, 6.07) is 9.08. The fourth-order valence-electron chi connectivity index (χ4n) is 3.23. The Morgan fingerprint density at radius 3 is 2.92 bits per heavy atom. The Balaban J connectivity index is 1.56. The molecule has 4 rings (SSSR count). The number of amides is 1. The maximum Gasteiger partial charge on any atom is 0.259 e. The molecule has 0 aliphatic carbocycles. The van der Waals surface area contributed by atoms with E-state index in [1.54, 1.807) is 49.1 Å². The van der Waals surface area contributed by atoms with Crippen molar-refractivity contribution in [3.8, 4) is 11.6 Å². The Morgan fingerprint density at radius 2 is 2.12 bits per heavy atom. The molecule has 0 N–H and O–H groups in total. The summed E-state index contributed by atoms with van der Waals surface area (Å²) >= 11 is 0. The van der Waals surface area contributed by atoms with E-state index in [0.29, 0.717) is 23.7 Å². The molecule has 0 bridgehead atoms. The average molecular weight is 349 g/mol. The minimum atomic E-state index is -0.0633. The molecule has 7 nitrogen and oxygen atoms in total. The molecule has 1 aliphatic rings. The predicted octanol–water partition coefficient (Wildman–Crippen LogP) is 2.77. The molecule has 7 heteroatoms. The third kappa shape index (κ3) is 3.42. The molecule has 26 heavy (non-hydrogen) atoms. The molecule has 132 valence electrons. The standard InChI is InChI=1S/C19H19N5O2/c25-19(24-12-3-5-15(24)14-23-11-4-10-22-23)17-7-2-9-21-18(17)26-16-6-1-8-20-13-16/h1-2,4,6-11,13,15H,3,5,12,14H2. The number of carbonyl (C=O) groups excluding carboxylic acids is 1. The fourth-order valence-corrected chi connectivity index (χ4v) is 3.23. The number of likely N-dealkylation sites (tertiary alicyclic amines) is 1. The van der Waals surface area contributed by atoms with Crippen LogP contribution in [-0.4, -0.2) is 43.1 Å². The van der Waals surface area contributed by atoms with Crippen molar-refractivity contribution >= 4 is 5.91 Å². The summed E-state index contributed by atoms with van der Waals surface area (Å²) < 4.78 is 7.66. The van der Waals surface area contributed by atoms with Crippen molar-refractivity contribution in [3.05, 3.63) is 66.9 Å². The van der Waals surface area contributed by atoms with Gasteiger partial charge in [0.25, 0.3) is 5.91 Å². The van der Waals surface area contributed by atoms with Crippen LogP contribution in [0.3, 0.4) is 0 Å². The zero-order valence-corrected chi connectivity index (χ0v) is 14.2. The summed E-state index contributed by atoms with van der Waals surface area (Å²) in [5.74, 6) is 0.789. The van der Waals surface area contributed by atoms with E-state index in [1.165, 1.54) is 0 Å². The highest BCUT2D eigenvalue weighted by Gasteiger charge is 2.31. The Hall–Kier alpha value is -3.22. The van der Waals surface area contributed by atoms with Gasteiger partial charge < -0.3 is 9.64 Å². The van der Waals surface area contributed by atoms with Gasteiger partial charge in [-0.05, 0) is 43.2 Å². The van der Waals surface area contributed by atoms with Crippen LogP contribution in [0, 0.1) is 0 Å². The smallest absolute Gasteiger partial charge is 0.259 e. The molecule has 3 aromatic heterocycles. The second-order valence-corrected chi connectivity index (χ2v) is 6.17. The SMILES string of the molecule is O=C(c1cccnc1Oc1cccnc1)N1CCCC1Cn1cccn1. The van der Waals surface area contributed by atoms with Gasteiger partial charge in [-0.2, -0.15) is 5.10 Å². The van der Waals surface area contributed by atoms with Crippen molar-refractivity contribution < 1.29 is 9.53 Å². The number of rotatable bonds is 5. The lowest BCUT2D eigenvalue weighted by Gasteiger charge is -2.25. The molecule has 1 amide bonds. The molecule has 1 fully saturated rings. The van der Waals surface area contributed by atoms with Crippen LogP contribution in [0.1, 0.15) is 23.2 Å². The summed E-state index contributed by atoms with van der Waals surface area (Å²) in [7, 11) is 0. The van der Waals surface area contributed by atoms with Crippen molar-refractivity contribution in [2.24, 2.45) is 0 Å². The number of hydrogen-bond donors (Lipinski definition) is 0. The third-order valence-electron chi connectivity index (χ3n) is 4.45. The van der Waals surface area contributed by atoms with Crippen LogP contribution in [0.2, 0.25) is 0 Å². The van der Waals surface area contributed by atoms with Crippen molar-refractivity contribution in [3.63, 3.8) is 0 Å². The molecule has 0 saturated carbocycles. The van der Waals surface area contributed by atoms with E-state index in [1.807, 2.05) is 21.8 Å². The van der Waals surface area contributed by atoms with E-state index in [0.717, 1.165) is 19.4 Å². The summed E-state index contributed by atoms with van der Waals surface area (Å²) in [4.78, 5) is 23.3. The van der Waals surface area contributed by atoms with E-state index >= 15 is 0 Å². The van der Waals surface area contributed by atoms with E-state index in [-0.39, 0.29) is 11.9 Å². The van der Waals surface area contributed by atoms with Gasteiger partial charge in [0.1, 0.15) is 11.3 Å². The zero-order valence-electron chi connectivity index (χ0n) is 14.2. The largest absolute Gasteiger partial charge is 0.437 e. The third-order valence-corrected chi connectivity index (χ3v) is 4.45. The first kappa shape index (κ1) is 16.3. The van der Waals surface area contributed by atoms with Crippen molar-refractivity contribution in [1.29, 1.82) is 0 Å². The monoisotopic (exact) mass is 349 g/mol. The molecule has 0 aromatic carbocycles. The first-order valence-electron chi connectivity index (χ1n) is 8.62. The quantitative estimate of drug-likeness (QED) is 0.708. The van der Waals surface area contributed by atoms with Crippen LogP contribution in [0.5, 0.6) is 11.6 Å². The normalized spacial score (nSPS) is 16.6. The maximum atomic E-state index is 13.2. The van der Waals surface area contributed by atoms with Gasteiger partial charge in [-0.25, -0.2) is 4.98 Å². The minimum absolute atomic E-state index is 0.0633. The lowest BCUT2D eigenvalue weighted by Crippen LogP contribution is -2.38. The van der Waals surface area contributed by atoms with E-state index in [9.17, 15) is 4.79 Å². The molecule has 3 aromatic rings. The molecular formula is C19H19N5O2. The van der Waals surface area contributed by atoms with Crippen LogP contribution in [0.25, 0.3) is 0 Å². The first-order chi connectivity index (χ1) is 12.8. The molecule has 1 unspecified atom stereocenters. The Kier molecular flexibility index (Phi) is 4.59. The van der Waals surface area contributed by atoms with Crippen LogP contribution >= 0.6 is 0 Å². The van der Waals surface area contributed by atoms with Crippen molar-refractivity contribution in [2.75, 3.05) is 6.54 Å². The number of aromatic nitrogens is 4. The molecule has 1 aliphatic heterocycles. The van der Waals surface area contributed by atoms with E-state index < -0.39 is 0 Å². The number of pyridine rings is 2. The van der Waals surface area contributed by atoms with Gasteiger partial charge >= 0.3 is 0 Å². The van der Waals surface area contributed by atoms with Crippen LogP contribution in [-0.2, 0) is 6.54 Å². The van der Waals surface area contributed by atoms with Crippen molar-refractivity contribution in [1.82, 2.24) is 24.6 Å². The predicted molar refractivity (Wildman–Crippen MR) is 94.8 cm³/mol. The number of nitrogens with zero attached hydrogens (tertiary/aromatic N) is 5. The van der Waals surface area contributed by atoms with Gasteiger partial charge in [-0.3, -0.25) is 14.5 Å². The highest BCUT2D eigenvalue weighted by Crippen LogP contribution is 2.27. The number of hydrogen-bond acceptors (Lipinski definition) is 5. The maximum absolute atomic E-state index is 13.2. The molecular weight excluding hydrogens is 330 g/mol. The Labute approximate surface area is 151 Å². The van der Waals surface area contributed by atoms with Gasteiger partial charge in [-0.1, -0.05) is 0 Å². The summed E-state index contributed by atoms with van der Waals surface area (Å²) in [5, 5.41) is 4.25. The van der Waals surface area contributed by atoms with Gasteiger partial charge in [0.2, 0.25) is 5.88 Å². The van der Waals surface area contributed by atoms with Crippen LogP contribution < -0.4 is 4.74 Å². The highest BCUT2D eigenvalue weighted by molar-refractivity contribution is 5.96. The van der Waals surface area contributed by atoms with Gasteiger partial charge in [0.15, 0.2) is 0 Å². The lowest BCUT2D eigenvalue weighted by atomic mass is 10.2. The van der Waals surface area contributed by atoms with Crippen LogP contribution in [0.15, 0.2) is 61.3 Å². The fraction of sp³-hybridized carbons (Fsp3) is 0.263. The molecule has 4 heterocycles. The second kappa shape index (κ2) is 7.35. The first-order valence-corrected chi connectivity index (χ1v) is 8.62. The lowest BCUT2D eigenvalue weighted by molar-refractivity contribution is 0.0718. The topological polar surface area (TPSA) is 73.1 Å². The summed E-state index contributed by atoms with van der Waals surface area (Å²) in [5.41, 5.74) is 0.462. The summed E-state index contributed by atoms with van der Waals surface area (Å²) in [6.45, 7) is 1.42. The summed E-state index contributed by atoms with van der Waals surface area (Å²) in [6.07, 6.45) is 10.5. The van der Waals surface area contributed by atoms with Crippen LogP contribution in [0.4, 0.5) is 0 Å². The van der Waals surface area contributed by atoms with E-state index in [4.69, 9.17) is 4.74 Å². The Morgan fingerprint density at radius 1 is 1.19 bits per heavy atom. The van der Waals surface area contributed by atoms with Gasteiger partial charge in [-0.15, -0.1) is 0 Å². The number of ether oxygens (including phenoxy) is 1. The van der Waals surface area contributed by atoms with E-state index in [2.05, 4.69) is 15.1 Å². The highest BCUT2D eigenvalue weighted by atomic mass is 16.5. The average Bonchev–Trinajstić information content (AvgIpc) is 3.35. The van der Waals surface area contributed by atoms with Gasteiger partial charge in [0.05, 0.1) is 18.8 Å². The molecule has 0 radical (unpaired) electrons. The van der Waals surface area contributed by atoms with Crippen molar-refractivity contribution in [2.45, 2.75) is 25.4 Å². The zero-order chi connectivity index (χ0) is 17.8. The Bertz CT molecular complexity index is 867. The second-order valence-electron chi connectivity index (χ2n) is 6.17. The van der Waals surface area contributed by atoms with Gasteiger partial charge in [0, 0.05) is 31.3 Å². The molecule has 1 saturated heterocycles. The number of carbonyl (C=O) groups is 1. The molecule has 0 spiro atoms. The minimum Gasteiger partial charge on any atom is -0.437 e. The molecule has 1 atom stereocenters.